The van der Waals surface area contributed by atoms with E-state index in [1.54, 1.807) is 0 Å². The van der Waals surface area contributed by atoms with Gasteiger partial charge in [-0.1, -0.05) is 23.7 Å². The monoisotopic (exact) mass is 448 g/mol. The molecule has 0 nitrogen and oxygen atoms in total. The summed E-state index contributed by atoms with van der Waals surface area (Å²) in [6, 6.07) is 8.17. The second-order valence-corrected chi connectivity index (χ2v) is 6.99. The van der Waals surface area contributed by atoms with Crippen LogP contribution in [0.15, 0.2) is 31.4 Å². The minimum atomic E-state index is 0.528. The van der Waals surface area contributed by atoms with Crippen LogP contribution in [0.4, 0.5) is 0 Å². The summed E-state index contributed by atoms with van der Waals surface area (Å²) in [6.45, 7) is 0. The van der Waals surface area contributed by atoms with Crippen molar-refractivity contribution in [2.45, 2.75) is 5.25 Å². The maximum absolute atomic E-state index is 5.86. The van der Waals surface area contributed by atoms with Crippen LogP contribution in [0.2, 0.25) is 5.02 Å². The Morgan fingerprint density at radius 3 is 2.36 bits per heavy atom. The fourth-order valence-electron chi connectivity index (χ4n) is 1.32. The summed E-state index contributed by atoms with van der Waals surface area (Å²) in [5, 5.41) is 1.34. The summed E-state index contributed by atoms with van der Waals surface area (Å²) in [6.07, 6.45) is 0. The first-order valence-corrected chi connectivity index (χ1v) is 7.68. The third kappa shape index (κ3) is 2.41. The van der Waals surface area contributed by atoms with E-state index < -0.39 is 0 Å². The molecule has 1 aliphatic heterocycles. The van der Waals surface area contributed by atoms with Crippen molar-refractivity contribution in [2.24, 2.45) is 0 Å². The molecule has 1 aromatic rings. The van der Waals surface area contributed by atoms with Crippen LogP contribution in [0.25, 0.3) is 0 Å². The molecule has 1 atom stereocenters. The zero-order valence-corrected chi connectivity index (χ0v) is 13.0. The number of hydrogen-bond acceptors (Lipinski definition) is 1. The molecule has 0 aliphatic carbocycles. The van der Waals surface area contributed by atoms with Crippen molar-refractivity contribution < 1.29 is 0 Å². The van der Waals surface area contributed by atoms with Gasteiger partial charge in [0.15, 0.2) is 0 Å². The number of rotatable bonds is 1. The highest BCUT2D eigenvalue weighted by molar-refractivity contribution is 14.1. The van der Waals surface area contributed by atoms with Gasteiger partial charge in [-0.3, -0.25) is 0 Å². The molecule has 0 amide bonds. The SMILES string of the molecule is Clc1ccc(C2SCC(I)=C2I)cc1. The predicted molar refractivity (Wildman–Crippen MR) is 81.7 cm³/mol. The number of hydrogen-bond donors (Lipinski definition) is 0. The molecule has 0 N–H and O–H groups in total. The first-order valence-electron chi connectivity index (χ1n) is 4.09. The third-order valence-electron chi connectivity index (χ3n) is 2.04. The second-order valence-electron chi connectivity index (χ2n) is 3.00. The van der Waals surface area contributed by atoms with Crippen LogP contribution < -0.4 is 0 Å². The van der Waals surface area contributed by atoms with E-state index in [0.29, 0.717) is 5.25 Å². The molecule has 0 spiro atoms. The van der Waals surface area contributed by atoms with Crippen molar-refractivity contribution in [1.82, 2.24) is 0 Å². The summed E-state index contributed by atoms with van der Waals surface area (Å²) in [5.74, 6) is 1.14. The number of halogens is 3. The van der Waals surface area contributed by atoms with E-state index in [0.717, 1.165) is 10.8 Å². The van der Waals surface area contributed by atoms with Crippen molar-refractivity contribution in [2.75, 3.05) is 5.75 Å². The maximum atomic E-state index is 5.86. The quantitative estimate of drug-likeness (QED) is 0.532. The molecule has 14 heavy (non-hydrogen) atoms. The van der Waals surface area contributed by atoms with Gasteiger partial charge in [-0.15, -0.1) is 11.8 Å². The first kappa shape index (κ1) is 11.5. The zero-order chi connectivity index (χ0) is 10.1. The van der Waals surface area contributed by atoms with Gasteiger partial charge < -0.3 is 0 Å². The lowest BCUT2D eigenvalue weighted by Gasteiger charge is -2.09. The van der Waals surface area contributed by atoms with E-state index in [-0.39, 0.29) is 0 Å². The van der Waals surface area contributed by atoms with Crippen molar-refractivity contribution in [1.29, 1.82) is 0 Å². The molecule has 0 fully saturated rings. The molecular weight excluding hydrogens is 441 g/mol. The third-order valence-corrected chi connectivity index (χ3v) is 7.80. The Labute approximate surface area is 120 Å². The molecule has 1 heterocycles. The molecule has 2 rings (SSSR count). The summed E-state index contributed by atoms with van der Waals surface area (Å²) < 4.78 is 2.95. The summed E-state index contributed by atoms with van der Waals surface area (Å²) in [7, 11) is 0. The summed E-state index contributed by atoms with van der Waals surface area (Å²) in [4.78, 5) is 0. The van der Waals surface area contributed by atoms with E-state index in [4.69, 9.17) is 11.6 Å². The van der Waals surface area contributed by atoms with E-state index in [2.05, 4.69) is 57.3 Å². The fraction of sp³-hybridized carbons (Fsp3) is 0.200. The van der Waals surface area contributed by atoms with Gasteiger partial charge in [0, 0.05) is 17.9 Å². The number of benzene rings is 1. The molecule has 0 bridgehead atoms. The van der Waals surface area contributed by atoms with E-state index in [9.17, 15) is 0 Å². The maximum Gasteiger partial charge on any atom is 0.0615 e. The van der Waals surface area contributed by atoms with Gasteiger partial charge in [-0.2, -0.15) is 0 Å². The Kier molecular flexibility index (Phi) is 4.06. The van der Waals surface area contributed by atoms with Gasteiger partial charge in [0.25, 0.3) is 0 Å². The molecule has 0 saturated heterocycles. The summed E-state index contributed by atoms with van der Waals surface area (Å²) >= 11 is 12.7. The average molecular weight is 448 g/mol. The largest absolute Gasteiger partial charge is 0.143 e. The Morgan fingerprint density at radius 2 is 1.86 bits per heavy atom. The lowest BCUT2D eigenvalue weighted by Crippen LogP contribution is -1.88. The normalized spacial score (nSPS) is 21.8. The van der Waals surface area contributed by atoms with Gasteiger partial charge in [-0.05, 0) is 62.9 Å². The molecule has 74 valence electrons. The highest BCUT2D eigenvalue weighted by Gasteiger charge is 2.24. The molecule has 1 aliphatic rings. The molecular formula is C10H7ClI2S. The van der Waals surface area contributed by atoms with Crippen LogP contribution in [0.5, 0.6) is 0 Å². The van der Waals surface area contributed by atoms with Crippen LogP contribution in [0.3, 0.4) is 0 Å². The predicted octanol–water partition coefficient (Wildman–Crippen LogP) is 5.21. The first-order chi connectivity index (χ1) is 6.68. The van der Waals surface area contributed by atoms with E-state index >= 15 is 0 Å². The highest BCUT2D eigenvalue weighted by atomic mass is 127. The van der Waals surface area contributed by atoms with Crippen LogP contribution in [0.1, 0.15) is 10.8 Å². The molecule has 1 aromatic carbocycles. The van der Waals surface area contributed by atoms with Crippen LogP contribution in [-0.4, -0.2) is 5.75 Å². The Bertz CT molecular complexity index is 372. The average Bonchev–Trinajstić information content (AvgIpc) is 2.50. The molecule has 4 heteroatoms. The fourth-order valence-corrected chi connectivity index (χ4v) is 4.96. The summed E-state index contributed by atoms with van der Waals surface area (Å²) in [5.41, 5.74) is 1.36. The van der Waals surface area contributed by atoms with Gasteiger partial charge in [-0.25, -0.2) is 0 Å². The van der Waals surface area contributed by atoms with Gasteiger partial charge >= 0.3 is 0 Å². The van der Waals surface area contributed by atoms with Crippen molar-refractivity contribution in [3.63, 3.8) is 0 Å². The van der Waals surface area contributed by atoms with Crippen molar-refractivity contribution in [3.05, 3.63) is 42.0 Å². The standard InChI is InChI=1S/C10H7ClI2S/c11-7-3-1-6(2-4-7)10-9(13)8(12)5-14-10/h1-4,10H,5H2. The van der Waals surface area contributed by atoms with E-state index in [1.165, 1.54) is 12.7 Å². The van der Waals surface area contributed by atoms with Crippen molar-refractivity contribution >= 4 is 68.5 Å². The molecule has 0 aromatic heterocycles. The topological polar surface area (TPSA) is 0 Å². The van der Waals surface area contributed by atoms with Crippen LogP contribution in [-0.2, 0) is 0 Å². The van der Waals surface area contributed by atoms with Gasteiger partial charge in [0.1, 0.15) is 0 Å². The van der Waals surface area contributed by atoms with Crippen LogP contribution in [0, 0.1) is 0 Å². The molecule has 1 unspecified atom stereocenters. The smallest absolute Gasteiger partial charge is 0.0615 e. The lowest BCUT2D eigenvalue weighted by atomic mass is 10.1. The Balaban J connectivity index is 2.29. The van der Waals surface area contributed by atoms with Crippen LogP contribution >= 0.6 is 68.5 Å². The second kappa shape index (κ2) is 4.93. The van der Waals surface area contributed by atoms with Crippen molar-refractivity contribution in [3.8, 4) is 0 Å². The molecule has 0 saturated carbocycles. The highest BCUT2D eigenvalue weighted by Crippen LogP contribution is 2.49. The minimum Gasteiger partial charge on any atom is -0.143 e. The van der Waals surface area contributed by atoms with Gasteiger partial charge in [0.2, 0.25) is 0 Å². The Hall–Kier alpha value is 1.06. The zero-order valence-electron chi connectivity index (χ0n) is 7.14. The minimum absolute atomic E-state index is 0.528. The lowest BCUT2D eigenvalue weighted by molar-refractivity contribution is 1.24. The molecule has 0 radical (unpaired) electrons. The number of thioether (sulfide) groups is 1. The van der Waals surface area contributed by atoms with Gasteiger partial charge in [0.05, 0.1) is 5.25 Å². The Morgan fingerprint density at radius 1 is 1.21 bits per heavy atom. The van der Waals surface area contributed by atoms with E-state index in [1.807, 2.05) is 23.9 Å².